The molecule has 26 heavy (non-hydrogen) atoms. The highest BCUT2D eigenvalue weighted by atomic mass is 16.2. The first-order valence-electron chi connectivity index (χ1n) is 9.24. The maximum absolute atomic E-state index is 12.8. The van der Waals surface area contributed by atoms with E-state index in [1.165, 1.54) is 10.5 Å². The summed E-state index contributed by atoms with van der Waals surface area (Å²) in [5.41, 5.74) is 2.31. The van der Waals surface area contributed by atoms with Crippen molar-refractivity contribution in [2.75, 3.05) is 13.1 Å². The van der Waals surface area contributed by atoms with Crippen LogP contribution in [-0.4, -0.2) is 45.7 Å². The Bertz CT molecular complexity index is 770. The third-order valence-corrected chi connectivity index (χ3v) is 5.55. The van der Waals surface area contributed by atoms with Crippen LogP contribution in [0.15, 0.2) is 54.9 Å². The van der Waals surface area contributed by atoms with Crippen molar-refractivity contribution in [2.24, 2.45) is 0 Å². The van der Waals surface area contributed by atoms with Crippen molar-refractivity contribution in [1.82, 2.24) is 14.8 Å². The van der Waals surface area contributed by atoms with Gasteiger partial charge in [-0.3, -0.25) is 24.4 Å². The SMILES string of the molecule is O=C1C[C@@H](N2CCC(c3ccncc3)CC2)C(=O)N1Cc1ccccc1. The molecule has 2 saturated heterocycles. The molecule has 1 aromatic heterocycles. The van der Waals surface area contributed by atoms with Crippen molar-refractivity contribution in [1.29, 1.82) is 0 Å². The van der Waals surface area contributed by atoms with Crippen LogP contribution in [0.1, 0.15) is 36.3 Å². The van der Waals surface area contributed by atoms with Crippen LogP contribution >= 0.6 is 0 Å². The van der Waals surface area contributed by atoms with Gasteiger partial charge in [0.1, 0.15) is 0 Å². The van der Waals surface area contributed by atoms with E-state index in [1.807, 2.05) is 42.7 Å². The van der Waals surface area contributed by atoms with Gasteiger partial charge < -0.3 is 0 Å². The van der Waals surface area contributed by atoms with Crippen molar-refractivity contribution < 1.29 is 9.59 Å². The van der Waals surface area contributed by atoms with Gasteiger partial charge in [0.2, 0.25) is 11.8 Å². The highest BCUT2D eigenvalue weighted by Crippen LogP contribution is 2.31. The van der Waals surface area contributed by atoms with Crippen LogP contribution in [0.25, 0.3) is 0 Å². The number of carbonyl (C=O) groups is 2. The summed E-state index contributed by atoms with van der Waals surface area (Å²) in [4.78, 5) is 32.9. The minimum atomic E-state index is -0.287. The van der Waals surface area contributed by atoms with Crippen LogP contribution in [0.4, 0.5) is 0 Å². The lowest BCUT2D eigenvalue weighted by atomic mass is 9.89. The summed E-state index contributed by atoms with van der Waals surface area (Å²) in [5, 5.41) is 0. The number of amides is 2. The molecule has 0 N–H and O–H groups in total. The number of nitrogens with zero attached hydrogens (tertiary/aromatic N) is 3. The molecule has 3 heterocycles. The summed E-state index contributed by atoms with van der Waals surface area (Å²) in [5.74, 6) is 0.420. The van der Waals surface area contributed by atoms with Crippen LogP contribution in [0.5, 0.6) is 0 Å². The van der Waals surface area contributed by atoms with Crippen molar-refractivity contribution in [3.8, 4) is 0 Å². The molecular formula is C21H23N3O2. The Morgan fingerprint density at radius 3 is 2.35 bits per heavy atom. The van der Waals surface area contributed by atoms with E-state index >= 15 is 0 Å². The Labute approximate surface area is 153 Å². The number of hydrogen-bond donors (Lipinski definition) is 0. The summed E-state index contributed by atoms with van der Waals surface area (Å²) < 4.78 is 0. The van der Waals surface area contributed by atoms with E-state index in [0.29, 0.717) is 18.9 Å². The zero-order valence-electron chi connectivity index (χ0n) is 14.8. The first kappa shape index (κ1) is 16.9. The van der Waals surface area contributed by atoms with Crippen LogP contribution in [0.2, 0.25) is 0 Å². The third-order valence-electron chi connectivity index (χ3n) is 5.55. The predicted octanol–water partition coefficient (Wildman–Crippen LogP) is 2.59. The minimum absolute atomic E-state index is 0.0405. The standard InChI is InChI=1S/C21H23N3O2/c25-20-14-19(21(26)24(20)15-16-4-2-1-3-5-16)23-12-8-18(9-13-23)17-6-10-22-11-7-17/h1-7,10-11,18-19H,8-9,12-15H2/t19-/m1/s1. The molecule has 2 fully saturated rings. The van der Waals surface area contributed by atoms with E-state index in [9.17, 15) is 9.59 Å². The van der Waals surface area contributed by atoms with Gasteiger partial charge in [-0.1, -0.05) is 30.3 Å². The number of pyridine rings is 1. The Hall–Kier alpha value is -2.53. The lowest BCUT2D eigenvalue weighted by molar-refractivity contribution is -0.140. The van der Waals surface area contributed by atoms with Crippen LogP contribution in [0.3, 0.4) is 0 Å². The molecule has 134 valence electrons. The topological polar surface area (TPSA) is 53.5 Å². The van der Waals surface area contributed by atoms with E-state index in [2.05, 4.69) is 22.0 Å². The van der Waals surface area contributed by atoms with E-state index < -0.39 is 0 Å². The normalized spacial score (nSPS) is 22.2. The molecule has 5 heteroatoms. The Kier molecular flexibility index (Phi) is 4.80. The first-order valence-corrected chi connectivity index (χ1v) is 9.24. The number of carbonyl (C=O) groups excluding carboxylic acids is 2. The largest absolute Gasteiger partial charge is 0.291 e. The molecule has 1 atom stereocenters. The first-order chi connectivity index (χ1) is 12.7. The monoisotopic (exact) mass is 349 g/mol. The van der Waals surface area contributed by atoms with Crippen molar-refractivity contribution in [3.05, 3.63) is 66.0 Å². The zero-order valence-corrected chi connectivity index (χ0v) is 14.8. The summed E-state index contributed by atoms with van der Waals surface area (Å²) in [7, 11) is 0. The lowest BCUT2D eigenvalue weighted by Crippen LogP contribution is -2.45. The van der Waals surface area contributed by atoms with Gasteiger partial charge in [0, 0.05) is 12.4 Å². The molecule has 0 spiro atoms. The summed E-state index contributed by atoms with van der Waals surface area (Å²) in [6.45, 7) is 2.09. The van der Waals surface area contributed by atoms with E-state index in [1.54, 1.807) is 0 Å². The van der Waals surface area contributed by atoms with Gasteiger partial charge in [0.25, 0.3) is 0 Å². The van der Waals surface area contributed by atoms with Crippen molar-refractivity contribution >= 4 is 11.8 Å². The maximum atomic E-state index is 12.8. The smallest absolute Gasteiger partial charge is 0.247 e. The Balaban J connectivity index is 1.38. The molecule has 0 unspecified atom stereocenters. The van der Waals surface area contributed by atoms with Crippen LogP contribution in [0, 0.1) is 0 Å². The summed E-state index contributed by atoms with van der Waals surface area (Å²) in [6.07, 6.45) is 6.01. The molecule has 0 radical (unpaired) electrons. The Morgan fingerprint density at radius 2 is 1.65 bits per heavy atom. The summed E-state index contributed by atoms with van der Waals surface area (Å²) in [6, 6.07) is 13.6. The average molecular weight is 349 g/mol. The van der Waals surface area contributed by atoms with Gasteiger partial charge in [0.05, 0.1) is 19.0 Å². The fourth-order valence-electron chi connectivity index (χ4n) is 4.06. The minimum Gasteiger partial charge on any atom is -0.291 e. The van der Waals surface area contributed by atoms with Gasteiger partial charge in [-0.05, 0) is 55.1 Å². The Morgan fingerprint density at radius 1 is 0.962 bits per heavy atom. The average Bonchev–Trinajstić information content (AvgIpc) is 2.98. The molecular weight excluding hydrogens is 326 g/mol. The van der Waals surface area contributed by atoms with Gasteiger partial charge in [-0.2, -0.15) is 0 Å². The third kappa shape index (κ3) is 3.40. The molecule has 4 rings (SSSR count). The second kappa shape index (κ2) is 7.38. The maximum Gasteiger partial charge on any atom is 0.247 e. The molecule has 0 bridgehead atoms. The molecule has 2 aliphatic rings. The quantitative estimate of drug-likeness (QED) is 0.796. The predicted molar refractivity (Wildman–Crippen MR) is 98.2 cm³/mol. The van der Waals surface area contributed by atoms with E-state index in [-0.39, 0.29) is 17.9 Å². The van der Waals surface area contributed by atoms with Crippen LogP contribution in [-0.2, 0) is 16.1 Å². The number of rotatable bonds is 4. The number of imide groups is 1. The number of benzene rings is 1. The van der Waals surface area contributed by atoms with Gasteiger partial charge in [-0.15, -0.1) is 0 Å². The van der Waals surface area contributed by atoms with Crippen molar-refractivity contribution in [2.45, 2.75) is 37.8 Å². The molecule has 2 aliphatic heterocycles. The fourth-order valence-corrected chi connectivity index (χ4v) is 4.06. The number of aromatic nitrogens is 1. The highest BCUT2D eigenvalue weighted by molar-refractivity contribution is 6.05. The van der Waals surface area contributed by atoms with Gasteiger partial charge >= 0.3 is 0 Å². The zero-order chi connectivity index (χ0) is 17.9. The van der Waals surface area contributed by atoms with E-state index in [0.717, 1.165) is 31.5 Å². The molecule has 2 aromatic rings. The van der Waals surface area contributed by atoms with Gasteiger partial charge in [0.15, 0.2) is 0 Å². The van der Waals surface area contributed by atoms with Crippen molar-refractivity contribution in [3.63, 3.8) is 0 Å². The molecule has 0 aliphatic carbocycles. The molecule has 0 saturated carbocycles. The molecule has 2 amide bonds. The van der Waals surface area contributed by atoms with Gasteiger partial charge in [-0.25, -0.2) is 0 Å². The number of likely N-dealkylation sites (tertiary alicyclic amines) is 2. The number of hydrogen-bond acceptors (Lipinski definition) is 4. The highest BCUT2D eigenvalue weighted by Gasteiger charge is 2.42. The molecule has 1 aromatic carbocycles. The van der Waals surface area contributed by atoms with E-state index in [4.69, 9.17) is 0 Å². The molecule has 5 nitrogen and oxygen atoms in total. The fraction of sp³-hybridized carbons (Fsp3) is 0.381. The lowest BCUT2D eigenvalue weighted by Gasteiger charge is -2.35. The summed E-state index contributed by atoms with van der Waals surface area (Å²) >= 11 is 0. The van der Waals surface area contributed by atoms with Crippen LogP contribution < -0.4 is 0 Å². The second-order valence-corrected chi connectivity index (χ2v) is 7.11. The second-order valence-electron chi connectivity index (χ2n) is 7.11. The number of piperidine rings is 1.